The van der Waals surface area contributed by atoms with Crippen LogP contribution < -0.4 is 0 Å². The van der Waals surface area contributed by atoms with Crippen LogP contribution in [0.25, 0.3) is 28.2 Å². The Bertz CT molecular complexity index is 1050. The van der Waals surface area contributed by atoms with Crippen LogP contribution in [-0.4, -0.2) is 20.0 Å². The van der Waals surface area contributed by atoms with Gasteiger partial charge in [0.25, 0.3) is 0 Å². The fraction of sp³-hybridized carbons (Fsp3) is 0.0870. The lowest BCUT2D eigenvalue weighted by Gasteiger charge is -2.09. The molecule has 0 atom stereocenters. The van der Waals surface area contributed by atoms with Crippen LogP contribution in [0.1, 0.15) is 12.5 Å². The minimum Gasteiger partial charge on any atom is -0.508 e. The molecule has 0 saturated carbocycles. The van der Waals surface area contributed by atoms with E-state index in [1.54, 1.807) is 24.3 Å². The van der Waals surface area contributed by atoms with Crippen molar-refractivity contribution in [2.45, 2.75) is 13.3 Å². The Kier molecular flexibility index (Phi) is 4.38. The van der Waals surface area contributed by atoms with E-state index < -0.39 is 0 Å². The van der Waals surface area contributed by atoms with Crippen LogP contribution in [0.3, 0.4) is 0 Å². The smallest absolute Gasteiger partial charge is 0.115 e. The fourth-order valence-corrected chi connectivity index (χ4v) is 3.31. The van der Waals surface area contributed by atoms with E-state index in [9.17, 15) is 10.2 Å². The second kappa shape index (κ2) is 7.00. The molecular weight excluding hydrogens is 336 g/mol. The molecule has 0 radical (unpaired) electrons. The summed E-state index contributed by atoms with van der Waals surface area (Å²) in [6.07, 6.45) is 0.818. The monoisotopic (exact) mass is 356 g/mol. The lowest BCUT2D eigenvalue weighted by molar-refractivity contribution is 0.475. The molecule has 0 aliphatic heterocycles. The Morgan fingerprint density at radius 1 is 0.741 bits per heavy atom. The highest BCUT2D eigenvalue weighted by atomic mass is 16.3. The SMILES string of the molecule is CCc1c(-c2ccc(O)cc2)nn(-c2ccc(O)cc2)c1-c1ccccc1. The summed E-state index contributed by atoms with van der Waals surface area (Å²) in [5.74, 6) is 0.458. The van der Waals surface area contributed by atoms with Crippen molar-refractivity contribution in [1.29, 1.82) is 0 Å². The van der Waals surface area contributed by atoms with E-state index in [0.29, 0.717) is 0 Å². The summed E-state index contributed by atoms with van der Waals surface area (Å²) < 4.78 is 1.93. The zero-order valence-corrected chi connectivity index (χ0v) is 15.0. The molecular formula is C23H20N2O2. The van der Waals surface area contributed by atoms with Crippen molar-refractivity contribution in [3.63, 3.8) is 0 Å². The second-order valence-corrected chi connectivity index (χ2v) is 6.37. The van der Waals surface area contributed by atoms with Crippen LogP contribution >= 0.6 is 0 Å². The summed E-state index contributed by atoms with van der Waals surface area (Å²) in [4.78, 5) is 0. The second-order valence-electron chi connectivity index (χ2n) is 6.37. The number of phenolic OH excluding ortho intramolecular Hbond substituents is 2. The molecule has 0 fully saturated rings. The Hall–Kier alpha value is -3.53. The summed E-state index contributed by atoms with van der Waals surface area (Å²) in [6, 6.07) is 24.3. The minimum atomic E-state index is 0.224. The van der Waals surface area contributed by atoms with Gasteiger partial charge in [-0.1, -0.05) is 37.3 Å². The van der Waals surface area contributed by atoms with E-state index in [1.807, 2.05) is 47.1 Å². The highest BCUT2D eigenvalue weighted by molar-refractivity contribution is 5.76. The molecule has 4 rings (SSSR count). The van der Waals surface area contributed by atoms with E-state index in [0.717, 1.165) is 40.2 Å². The van der Waals surface area contributed by atoms with E-state index in [4.69, 9.17) is 5.10 Å². The quantitative estimate of drug-likeness (QED) is 0.530. The van der Waals surface area contributed by atoms with Crippen LogP contribution in [0, 0.1) is 0 Å². The van der Waals surface area contributed by atoms with Gasteiger partial charge in [0.1, 0.15) is 11.5 Å². The van der Waals surface area contributed by atoms with Crippen molar-refractivity contribution in [1.82, 2.24) is 9.78 Å². The standard InChI is InChI=1S/C23H20N2O2/c1-2-21-22(16-8-12-19(26)13-9-16)24-25(18-10-14-20(27)15-11-18)23(21)17-6-4-3-5-7-17/h3-15,26-27H,2H2,1H3. The average Bonchev–Trinajstić information content (AvgIpc) is 3.09. The maximum Gasteiger partial charge on any atom is 0.115 e. The molecule has 1 aromatic heterocycles. The van der Waals surface area contributed by atoms with Crippen molar-refractivity contribution in [2.75, 3.05) is 0 Å². The third-order valence-corrected chi connectivity index (χ3v) is 4.62. The zero-order chi connectivity index (χ0) is 18.8. The summed E-state index contributed by atoms with van der Waals surface area (Å²) in [7, 11) is 0. The summed E-state index contributed by atoms with van der Waals surface area (Å²) in [5.41, 5.74) is 5.99. The third-order valence-electron chi connectivity index (χ3n) is 4.62. The molecule has 4 heteroatoms. The molecule has 4 nitrogen and oxygen atoms in total. The molecule has 1 heterocycles. The molecule has 4 aromatic rings. The van der Waals surface area contributed by atoms with Gasteiger partial charge in [0.15, 0.2) is 0 Å². The van der Waals surface area contributed by atoms with Gasteiger partial charge in [-0.05, 0) is 55.0 Å². The predicted octanol–water partition coefficient (Wildman–Crippen LogP) is 5.18. The molecule has 134 valence electrons. The number of phenols is 2. The first-order valence-corrected chi connectivity index (χ1v) is 8.93. The summed E-state index contributed by atoms with van der Waals surface area (Å²) in [5, 5.41) is 24.2. The number of aromatic hydroxyl groups is 2. The van der Waals surface area contributed by atoms with Gasteiger partial charge < -0.3 is 10.2 Å². The Balaban J connectivity index is 1.99. The maximum atomic E-state index is 9.65. The number of hydrogen-bond acceptors (Lipinski definition) is 3. The highest BCUT2D eigenvalue weighted by Gasteiger charge is 2.20. The number of nitrogens with zero attached hydrogens (tertiary/aromatic N) is 2. The van der Waals surface area contributed by atoms with Crippen LogP contribution in [-0.2, 0) is 6.42 Å². The Morgan fingerprint density at radius 3 is 1.93 bits per heavy atom. The van der Waals surface area contributed by atoms with Crippen molar-refractivity contribution in [3.8, 4) is 39.7 Å². The normalized spacial score (nSPS) is 10.9. The first-order chi connectivity index (χ1) is 13.2. The van der Waals surface area contributed by atoms with Crippen LogP contribution in [0.5, 0.6) is 11.5 Å². The van der Waals surface area contributed by atoms with E-state index in [1.165, 1.54) is 0 Å². The first-order valence-electron chi connectivity index (χ1n) is 8.93. The molecule has 2 N–H and O–H groups in total. The van der Waals surface area contributed by atoms with Gasteiger partial charge in [0, 0.05) is 16.7 Å². The van der Waals surface area contributed by atoms with Crippen LogP contribution in [0.2, 0.25) is 0 Å². The van der Waals surface area contributed by atoms with Gasteiger partial charge in [-0.15, -0.1) is 0 Å². The lowest BCUT2D eigenvalue weighted by atomic mass is 10.00. The third kappa shape index (κ3) is 3.17. The first kappa shape index (κ1) is 16.9. The zero-order valence-electron chi connectivity index (χ0n) is 15.0. The number of aromatic nitrogens is 2. The van der Waals surface area contributed by atoms with E-state index >= 15 is 0 Å². The number of benzene rings is 3. The summed E-state index contributed by atoms with van der Waals surface area (Å²) >= 11 is 0. The van der Waals surface area contributed by atoms with Crippen molar-refractivity contribution in [3.05, 3.63) is 84.4 Å². The predicted molar refractivity (Wildman–Crippen MR) is 107 cm³/mol. The largest absolute Gasteiger partial charge is 0.508 e. The Morgan fingerprint density at radius 2 is 1.33 bits per heavy atom. The fourth-order valence-electron chi connectivity index (χ4n) is 3.31. The van der Waals surface area contributed by atoms with E-state index in [-0.39, 0.29) is 11.5 Å². The maximum absolute atomic E-state index is 9.65. The van der Waals surface area contributed by atoms with Gasteiger partial charge in [-0.2, -0.15) is 5.10 Å². The molecule has 0 spiro atoms. The van der Waals surface area contributed by atoms with Crippen LogP contribution in [0.15, 0.2) is 78.9 Å². The molecule has 3 aromatic carbocycles. The summed E-state index contributed by atoms with van der Waals surface area (Å²) in [6.45, 7) is 2.12. The number of hydrogen-bond donors (Lipinski definition) is 2. The Labute approximate surface area is 158 Å². The molecule has 0 aliphatic rings. The van der Waals surface area contributed by atoms with E-state index in [2.05, 4.69) is 19.1 Å². The van der Waals surface area contributed by atoms with Gasteiger partial charge in [0.2, 0.25) is 0 Å². The van der Waals surface area contributed by atoms with Crippen molar-refractivity contribution >= 4 is 0 Å². The van der Waals surface area contributed by atoms with Gasteiger partial charge in [-0.25, -0.2) is 4.68 Å². The van der Waals surface area contributed by atoms with Crippen molar-refractivity contribution < 1.29 is 10.2 Å². The molecule has 27 heavy (non-hydrogen) atoms. The van der Waals surface area contributed by atoms with Crippen LogP contribution in [0.4, 0.5) is 0 Å². The minimum absolute atomic E-state index is 0.224. The van der Waals surface area contributed by atoms with Gasteiger partial charge in [-0.3, -0.25) is 0 Å². The molecule has 0 amide bonds. The molecule has 0 saturated heterocycles. The number of rotatable bonds is 4. The lowest BCUT2D eigenvalue weighted by Crippen LogP contribution is -1.99. The highest BCUT2D eigenvalue weighted by Crippen LogP contribution is 2.35. The topological polar surface area (TPSA) is 58.3 Å². The molecule has 0 unspecified atom stereocenters. The van der Waals surface area contributed by atoms with Crippen molar-refractivity contribution in [2.24, 2.45) is 0 Å². The molecule has 0 bridgehead atoms. The molecule has 0 aliphatic carbocycles. The van der Waals surface area contributed by atoms with Gasteiger partial charge >= 0.3 is 0 Å². The average molecular weight is 356 g/mol. The van der Waals surface area contributed by atoms with Gasteiger partial charge in [0.05, 0.1) is 17.1 Å².